The Morgan fingerprint density at radius 3 is 2.52 bits per heavy atom. The van der Waals surface area contributed by atoms with Crippen molar-refractivity contribution in [1.82, 2.24) is 10.2 Å². The number of aliphatic hydroxyl groups excluding tert-OH is 1. The van der Waals surface area contributed by atoms with Crippen molar-refractivity contribution in [3.8, 4) is 0 Å². The molecule has 6 heteroatoms. The van der Waals surface area contributed by atoms with Crippen molar-refractivity contribution in [2.75, 3.05) is 13.1 Å². The molecule has 0 spiro atoms. The van der Waals surface area contributed by atoms with E-state index >= 15 is 0 Å². The van der Waals surface area contributed by atoms with Crippen molar-refractivity contribution >= 4 is 11.8 Å². The first-order valence-corrected chi connectivity index (χ1v) is 7.88. The Labute approximate surface area is 135 Å². The van der Waals surface area contributed by atoms with Gasteiger partial charge in [0.1, 0.15) is 11.9 Å². The quantitative estimate of drug-likeness (QED) is 0.836. The van der Waals surface area contributed by atoms with E-state index in [1.54, 1.807) is 4.90 Å². The van der Waals surface area contributed by atoms with Crippen molar-refractivity contribution in [3.05, 3.63) is 35.6 Å². The summed E-state index contributed by atoms with van der Waals surface area (Å²) in [5, 5.41) is 13.0. The van der Waals surface area contributed by atoms with Crippen LogP contribution in [-0.4, -0.2) is 41.0 Å². The molecule has 1 saturated heterocycles. The minimum absolute atomic E-state index is 0.119. The molecule has 0 unspecified atom stereocenters. The van der Waals surface area contributed by atoms with E-state index in [9.17, 15) is 19.1 Å². The van der Waals surface area contributed by atoms with E-state index in [1.807, 2.05) is 13.8 Å². The van der Waals surface area contributed by atoms with Crippen LogP contribution in [0.2, 0.25) is 0 Å². The summed E-state index contributed by atoms with van der Waals surface area (Å²) in [6.07, 6.45) is -0.0545. The lowest BCUT2D eigenvalue weighted by Crippen LogP contribution is -2.47. The molecule has 1 aliphatic heterocycles. The Balaban J connectivity index is 2.06. The Morgan fingerprint density at radius 1 is 1.35 bits per heavy atom. The van der Waals surface area contributed by atoms with Gasteiger partial charge < -0.3 is 15.3 Å². The Bertz CT molecular complexity index is 559. The molecule has 1 aliphatic rings. The van der Waals surface area contributed by atoms with Crippen molar-refractivity contribution in [2.45, 2.75) is 38.8 Å². The molecular formula is C17H23FN2O3. The third-order valence-corrected chi connectivity index (χ3v) is 3.84. The zero-order valence-electron chi connectivity index (χ0n) is 13.5. The van der Waals surface area contributed by atoms with Gasteiger partial charge in [-0.1, -0.05) is 26.0 Å². The number of nitrogens with one attached hydrogen (secondary N) is 1. The summed E-state index contributed by atoms with van der Waals surface area (Å²) in [6.45, 7) is 4.58. The van der Waals surface area contributed by atoms with Crippen LogP contribution in [0.25, 0.3) is 0 Å². The van der Waals surface area contributed by atoms with Crippen LogP contribution in [0.5, 0.6) is 0 Å². The predicted molar refractivity (Wildman–Crippen MR) is 83.9 cm³/mol. The van der Waals surface area contributed by atoms with Crippen LogP contribution in [0.1, 0.15) is 38.4 Å². The minimum atomic E-state index is -0.893. The van der Waals surface area contributed by atoms with E-state index in [1.165, 1.54) is 24.3 Å². The fourth-order valence-electron chi connectivity index (χ4n) is 2.71. The number of amides is 2. The summed E-state index contributed by atoms with van der Waals surface area (Å²) in [7, 11) is 0. The first-order valence-electron chi connectivity index (χ1n) is 7.88. The van der Waals surface area contributed by atoms with Crippen LogP contribution < -0.4 is 5.32 Å². The molecule has 2 atom stereocenters. The first kappa shape index (κ1) is 17.4. The molecule has 0 bridgehead atoms. The molecule has 5 nitrogen and oxygen atoms in total. The maximum atomic E-state index is 13.0. The Morgan fingerprint density at radius 2 is 2.00 bits per heavy atom. The largest absolute Gasteiger partial charge is 0.387 e. The number of benzene rings is 1. The molecule has 0 aliphatic carbocycles. The van der Waals surface area contributed by atoms with Gasteiger partial charge in [-0.05, 0) is 30.0 Å². The Hall–Kier alpha value is -1.95. The molecule has 23 heavy (non-hydrogen) atoms. The summed E-state index contributed by atoms with van der Waals surface area (Å²) in [4.78, 5) is 25.5. The minimum Gasteiger partial charge on any atom is -0.387 e. The zero-order valence-corrected chi connectivity index (χ0v) is 13.5. The summed E-state index contributed by atoms with van der Waals surface area (Å²) in [6, 6.07) is 5.07. The maximum absolute atomic E-state index is 13.0. The van der Waals surface area contributed by atoms with Crippen LogP contribution >= 0.6 is 0 Å². The molecule has 2 amide bonds. The van der Waals surface area contributed by atoms with Crippen molar-refractivity contribution in [2.24, 2.45) is 5.92 Å². The normalized spacial score (nSPS) is 18.8. The molecule has 1 fully saturated rings. The Kier molecular flexibility index (Phi) is 5.71. The van der Waals surface area contributed by atoms with Crippen molar-refractivity contribution in [3.63, 3.8) is 0 Å². The number of hydrogen-bond acceptors (Lipinski definition) is 3. The van der Waals surface area contributed by atoms with E-state index in [4.69, 9.17) is 0 Å². The van der Waals surface area contributed by atoms with Crippen LogP contribution in [-0.2, 0) is 9.59 Å². The molecular weight excluding hydrogens is 299 g/mol. The average Bonchev–Trinajstić information content (AvgIpc) is 2.92. The monoisotopic (exact) mass is 322 g/mol. The summed E-state index contributed by atoms with van der Waals surface area (Å²) in [5.41, 5.74) is 0.559. The molecule has 0 saturated carbocycles. The van der Waals surface area contributed by atoms with E-state index in [2.05, 4.69) is 5.32 Å². The van der Waals surface area contributed by atoms with Crippen molar-refractivity contribution in [1.29, 1.82) is 0 Å². The van der Waals surface area contributed by atoms with Gasteiger partial charge in [0.2, 0.25) is 11.8 Å². The van der Waals surface area contributed by atoms with E-state index in [-0.39, 0.29) is 30.1 Å². The summed E-state index contributed by atoms with van der Waals surface area (Å²) in [5.74, 6) is -0.432. The topological polar surface area (TPSA) is 69.6 Å². The average molecular weight is 322 g/mol. The molecule has 0 radical (unpaired) electrons. The third-order valence-electron chi connectivity index (χ3n) is 3.84. The van der Waals surface area contributed by atoms with Gasteiger partial charge in [-0.3, -0.25) is 9.59 Å². The predicted octanol–water partition coefficient (Wildman–Crippen LogP) is 1.62. The molecule has 1 heterocycles. The molecule has 126 valence electrons. The van der Waals surface area contributed by atoms with Crippen LogP contribution in [0.15, 0.2) is 24.3 Å². The lowest BCUT2D eigenvalue weighted by Gasteiger charge is -2.29. The number of nitrogens with zero attached hydrogens (tertiary/aromatic N) is 1. The fourth-order valence-corrected chi connectivity index (χ4v) is 2.71. The van der Waals surface area contributed by atoms with Gasteiger partial charge >= 0.3 is 0 Å². The first-order chi connectivity index (χ1) is 10.9. The third kappa shape index (κ3) is 4.76. The smallest absolute Gasteiger partial charge is 0.245 e. The highest BCUT2D eigenvalue weighted by Gasteiger charge is 2.31. The zero-order chi connectivity index (χ0) is 17.0. The highest BCUT2D eigenvalue weighted by atomic mass is 19.1. The number of aliphatic hydroxyl groups is 1. The van der Waals surface area contributed by atoms with Gasteiger partial charge in [0.05, 0.1) is 12.6 Å². The fraction of sp³-hybridized carbons (Fsp3) is 0.529. The van der Waals surface area contributed by atoms with Gasteiger partial charge in [0.25, 0.3) is 0 Å². The number of carbonyl (C=O) groups excluding carboxylic acids is 2. The second-order valence-corrected chi connectivity index (χ2v) is 6.36. The molecule has 2 rings (SSSR count). The van der Waals surface area contributed by atoms with E-state index < -0.39 is 12.1 Å². The lowest BCUT2D eigenvalue weighted by atomic mass is 10.1. The molecule has 1 aromatic rings. The van der Waals surface area contributed by atoms with E-state index in [0.29, 0.717) is 24.9 Å². The van der Waals surface area contributed by atoms with Crippen LogP contribution in [0.4, 0.5) is 4.39 Å². The van der Waals surface area contributed by atoms with Gasteiger partial charge in [0.15, 0.2) is 0 Å². The number of hydrogen-bond donors (Lipinski definition) is 2. The van der Waals surface area contributed by atoms with Crippen LogP contribution in [0.3, 0.4) is 0 Å². The van der Waals surface area contributed by atoms with Gasteiger partial charge in [-0.25, -0.2) is 4.39 Å². The highest BCUT2D eigenvalue weighted by molar-refractivity contribution is 5.90. The van der Waals surface area contributed by atoms with Gasteiger partial charge in [-0.2, -0.15) is 0 Å². The van der Waals surface area contributed by atoms with Gasteiger partial charge in [0, 0.05) is 13.0 Å². The van der Waals surface area contributed by atoms with E-state index in [0.717, 1.165) is 0 Å². The molecule has 2 N–H and O–H groups in total. The maximum Gasteiger partial charge on any atom is 0.245 e. The number of halogens is 1. The van der Waals surface area contributed by atoms with Crippen molar-refractivity contribution < 1.29 is 19.1 Å². The summed E-state index contributed by atoms with van der Waals surface area (Å²) < 4.78 is 13.0. The number of carbonyl (C=O) groups is 2. The van der Waals surface area contributed by atoms with Gasteiger partial charge in [-0.15, -0.1) is 0 Å². The second-order valence-electron chi connectivity index (χ2n) is 6.36. The summed E-state index contributed by atoms with van der Waals surface area (Å²) >= 11 is 0. The second kappa shape index (κ2) is 7.55. The SMILES string of the molecule is CC(C)CN(C[C@@H](O)c1ccc(F)cc1)C(=O)[C@@H]1CCC(=O)N1. The highest BCUT2D eigenvalue weighted by Crippen LogP contribution is 2.18. The molecule has 0 aromatic heterocycles. The van der Waals surface area contributed by atoms with Crippen LogP contribution in [0, 0.1) is 11.7 Å². The standard InChI is InChI=1S/C17H23FN2O3/c1-11(2)9-20(17(23)14-7-8-16(22)19-14)10-15(21)12-3-5-13(18)6-4-12/h3-6,11,14-15,21H,7-10H2,1-2H3,(H,19,22)/t14-,15+/m0/s1. The lowest BCUT2D eigenvalue weighted by molar-refractivity contribution is -0.136. The number of rotatable bonds is 6. The molecule has 1 aromatic carbocycles.